The van der Waals surface area contributed by atoms with E-state index in [1.165, 1.54) is 111 Å². The summed E-state index contributed by atoms with van der Waals surface area (Å²) in [6, 6.07) is 31.1. The number of esters is 4. The van der Waals surface area contributed by atoms with Gasteiger partial charge in [0.15, 0.2) is 6.61 Å². The molecule has 0 atom stereocenters. The van der Waals surface area contributed by atoms with Crippen LogP contribution in [0.5, 0.6) is 0 Å². The van der Waals surface area contributed by atoms with Crippen molar-refractivity contribution in [1.29, 1.82) is 0 Å². The van der Waals surface area contributed by atoms with E-state index in [4.69, 9.17) is 33.2 Å². The van der Waals surface area contributed by atoms with Gasteiger partial charge in [-0.15, -0.1) is 0 Å². The van der Waals surface area contributed by atoms with Crippen molar-refractivity contribution in [2.75, 3.05) is 346 Å². The summed E-state index contributed by atoms with van der Waals surface area (Å²) in [6.07, 6.45) is 16.8. The van der Waals surface area contributed by atoms with E-state index in [9.17, 15) is 38.4 Å². The highest BCUT2D eigenvalue weighted by Crippen LogP contribution is 2.60. The van der Waals surface area contributed by atoms with Crippen molar-refractivity contribution in [2.45, 2.75) is 159 Å². The van der Waals surface area contributed by atoms with E-state index in [0.29, 0.717) is 67.4 Å². The summed E-state index contributed by atoms with van der Waals surface area (Å²) in [7, 11) is 50.6. The fourth-order valence-electron chi connectivity index (χ4n) is 15.7. The molecule has 4 bridgehead atoms. The van der Waals surface area contributed by atoms with Gasteiger partial charge in [-0.1, -0.05) is 144 Å². The van der Waals surface area contributed by atoms with Crippen molar-refractivity contribution in [3.63, 3.8) is 0 Å². The minimum Gasteiger partial charge on any atom is -0.462 e. The molecule has 0 radical (unpaired) electrons. The first-order chi connectivity index (χ1) is 67.7. The molecule has 0 aromatic heterocycles. The fraction of sp³-hybridized carbons (Fsp3) is 0.675. The van der Waals surface area contributed by atoms with Crippen LogP contribution < -0.4 is 21.3 Å². The van der Waals surface area contributed by atoms with Gasteiger partial charge in [-0.2, -0.15) is 0 Å². The van der Waals surface area contributed by atoms with E-state index in [1.54, 1.807) is 20.8 Å². The first-order valence-corrected chi connectivity index (χ1v) is 53.3. The molecular formula is C117H220N14O15+10. The van der Waals surface area contributed by atoms with Crippen molar-refractivity contribution in [3.8, 4) is 0 Å². The molecule has 29 nitrogen and oxygen atoms in total. The second kappa shape index (κ2) is 77.6. The Labute approximate surface area is 891 Å². The van der Waals surface area contributed by atoms with Crippen LogP contribution in [0.25, 0.3) is 0 Å². The number of benzene rings is 3. The van der Waals surface area contributed by atoms with Gasteiger partial charge in [0.25, 0.3) is 0 Å². The minimum absolute atomic E-state index is 0.0404. The molecule has 7 rings (SSSR count). The number of rotatable bonds is 57. The number of likely N-dealkylation sites (N-methyl/N-ethyl adjacent to an activating group) is 6. The molecule has 4 aliphatic rings. The van der Waals surface area contributed by atoms with E-state index in [1.807, 2.05) is 51.5 Å². The largest absolute Gasteiger partial charge is 0.462 e. The lowest BCUT2D eigenvalue weighted by atomic mass is 9.49. The number of carbonyl (C=O) groups is 8. The van der Waals surface area contributed by atoms with Crippen LogP contribution in [0.2, 0.25) is 0 Å². The summed E-state index contributed by atoms with van der Waals surface area (Å²) in [5.74, 6) is 0.607. The van der Waals surface area contributed by atoms with Crippen LogP contribution in [-0.2, 0) is 91.3 Å². The highest BCUT2D eigenvalue weighted by atomic mass is 16.6. The van der Waals surface area contributed by atoms with Gasteiger partial charge in [0.1, 0.15) is 32.8 Å². The number of nitrogens with one attached hydrogen (secondary N) is 4. The van der Waals surface area contributed by atoms with Gasteiger partial charge < -0.3 is 99.3 Å². The van der Waals surface area contributed by atoms with Crippen LogP contribution in [0.3, 0.4) is 0 Å². The van der Waals surface area contributed by atoms with Crippen molar-refractivity contribution >= 4 is 47.5 Å². The third-order valence-electron chi connectivity index (χ3n) is 24.4. The number of hydrogen-bond donors (Lipinski definition) is 4. The molecule has 4 aliphatic carbocycles. The summed E-state index contributed by atoms with van der Waals surface area (Å²) < 4.78 is 46.9. The average molecular weight is 2060 g/mol. The molecule has 4 fully saturated rings. The lowest BCUT2D eigenvalue weighted by molar-refractivity contribution is -0.927. The molecule has 0 aliphatic heterocycles. The molecule has 0 unspecified atom stereocenters. The number of hydrogen-bond acceptors (Lipinski definition) is 15. The molecule has 4 N–H and O–H groups in total. The summed E-state index contributed by atoms with van der Waals surface area (Å²) in [6.45, 7) is 65.5. The molecule has 3 aromatic rings. The number of quaternary nitrogens is 10. The van der Waals surface area contributed by atoms with Gasteiger partial charge in [0, 0.05) is 61.6 Å². The standard InChI is InChI=1S/C18H30NO4.C17H30NO.C15H26NO.C12H20NO.C10H20N2O.C10H20NO2.2C9H18N2O.C9H18NO2.C8H16N2O/c1-19(2,3)4-5-22-16(20)12-23-17(21)18-9-13-6-14(10-18)8-15(7-13)11-18;1-4-12-18(6-3,13-5-2)14-15-19-16-17-10-8-7-9-11-17;1-4-16(5-2,6-3)12-13-17-14-15-10-8-7-9-11-15;1-13(2,3)9-10-14-11-12-7-5-4-6-8-12;1-9(2)10(13)11-7-6-8-12(3,4)5;1-9(2)10(12)13-8-6-7-11(3,4)5;1-8(2)9(12)10-6-7-11(3,4)5;1-5-9(12)10-7-6-8-11(2,3)4;1-5-9(11)12-8-6-7-10(2,3)4;1-5-8(11)9-6-7-10(2,3)4/h13-15H,4-12H2,1-3H3;7-11H,4-6,12-16H2,1-3H3;7-11H,4-6,12-14H2,1-3H3;4-8H,9-11H2,1-3H3;2*1,6-8H2,2-5H3;1,6-7H2,2-5H3;2*5H,1,6-8H2,2-4H3;5H,1,6-7H2,2-4H3/q4*+1;;+1;;;+1;/p+4. The Kier molecular flexibility index (Phi) is 76.4. The van der Waals surface area contributed by atoms with E-state index in [0.717, 1.165) is 203 Å². The second-order valence-electron chi connectivity index (χ2n) is 47.3. The molecule has 0 spiro atoms. The van der Waals surface area contributed by atoms with E-state index in [2.05, 4.69) is 311 Å². The number of ether oxygens (including phenoxy) is 7. The number of nitrogens with zero attached hydrogens (tertiary/aromatic N) is 10. The summed E-state index contributed by atoms with van der Waals surface area (Å²) in [4.78, 5) is 89.3. The zero-order valence-electron chi connectivity index (χ0n) is 99.2. The Morgan fingerprint density at radius 2 is 0.630 bits per heavy atom. The van der Waals surface area contributed by atoms with E-state index < -0.39 is 5.97 Å². The maximum atomic E-state index is 12.6. The maximum absolute atomic E-state index is 12.6. The Balaban J connectivity index is -0.000000775. The lowest BCUT2D eigenvalue weighted by Crippen LogP contribution is -2.51. The maximum Gasteiger partial charge on any atom is 0.344 e. The predicted molar refractivity (Wildman–Crippen MR) is 604 cm³/mol. The van der Waals surface area contributed by atoms with Gasteiger partial charge in [0.2, 0.25) is 23.6 Å². The third-order valence-corrected chi connectivity index (χ3v) is 24.4. The normalized spacial score (nSPS) is 15.0. The van der Waals surface area contributed by atoms with Crippen LogP contribution in [0.15, 0.2) is 165 Å². The van der Waals surface area contributed by atoms with Gasteiger partial charge in [-0.05, 0) is 146 Å². The van der Waals surface area contributed by atoms with Gasteiger partial charge in [-0.3, -0.25) is 24.0 Å². The minimum atomic E-state index is -0.434. The molecule has 0 heterocycles. The van der Waals surface area contributed by atoms with Gasteiger partial charge in [0.05, 0.1) is 319 Å². The highest BCUT2D eigenvalue weighted by Gasteiger charge is 2.55. The van der Waals surface area contributed by atoms with Crippen LogP contribution in [0, 0.1) is 23.2 Å². The lowest BCUT2D eigenvalue weighted by Gasteiger charge is -2.55. The molecule has 3 aromatic carbocycles. The van der Waals surface area contributed by atoms with E-state index >= 15 is 0 Å². The average Bonchev–Trinajstić information content (AvgIpc) is 0.740. The summed E-state index contributed by atoms with van der Waals surface area (Å²) in [5.41, 5.74) is 5.08. The molecule has 0 saturated heterocycles. The topological polar surface area (TPSA) is 249 Å². The summed E-state index contributed by atoms with van der Waals surface area (Å²) in [5, 5.41) is 11.0. The summed E-state index contributed by atoms with van der Waals surface area (Å²) >= 11 is 0. The van der Waals surface area contributed by atoms with Crippen LogP contribution in [0.1, 0.15) is 156 Å². The quantitative estimate of drug-likeness (QED) is 0.0135. The number of carbonyl (C=O) groups excluding carboxylic acids is 8. The number of amides is 4. The van der Waals surface area contributed by atoms with E-state index in [-0.39, 0.29) is 53.6 Å². The first kappa shape index (κ1) is 144. The monoisotopic (exact) mass is 2060 g/mol. The smallest absolute Gasteiger partial charge is 0.344 e. The zero-order chi connectivity index (χ0) is 113. The van der Waals surface area contributed by atoms with Crippen LogP contribution in [-0.4, -0.2) is 439 Å². The molecule has 4 amide bonds. The van der Waals surface area contributed by atoms with Crippen molar-refractivity contribution in [2.24, 2.45) is 23.2 Å². The molecule has 4 saturated carbocycles. The SMILES string of the molecule is C=C(C)C(=O)NCCC[N+](C)(C)C.C=C(C)C(=O)NCC[N+](C)(C)C.C=C(C)C(=O)OCCC[N+](C)(C)C.C=CC(=O)NCCC[N+](C)(C)C.C=CC(=O)NCC[N+](C)(C)C.C=CC(=O)OCCC[N+](C)(C)C.CCC[N+](CC)(CCC)CCOCc1ccccc1.CC[N+](CC)(CC)CCOCc1ccccc1.C[N+](C)(C)CCOC(=O)COC(=O)C12CC3CC(CC(C3)C1)C2.C[N+](C)(C)CCOCc1ccccc1. The van der Waals surface area contributed by atoms with Crippen molar-refractivity contribution in [3.05, 3.63) is 182 Å². The Morgan fingerprint density at radius 1 is 0.329 bits per heavy atom. The third kappa shape index (κ3) is 86.2. The predicted octanol–water partition coefficient (Wildman–Crippen LogP) is 14.4. The van der Waals surface area contributed by atoms with Crippen LogP contribution in [0.4, 0.5) is 0 Å². The Hall–Kier alpha value is -8.66. The molecular weight excluding hydrogens is 1840 g/mol. The van der Waals surface area contributed by atoms with Crippen molar-refractivity contribution in [1.82, 2.24) is 21.3 Å². The zero-order valence-corrected chi connectivity index (χ0v) is 99.2. The second-order valence-corrected chi connectivity index (χ2v) is 47.3. The molecule has 29 heteroatoms. The van der Waals surface area contributed by atoms with Crippen LogP contribution >= 0.6 is 0 Å². The van der Waals surface area contributed by atoms with Crippen molar-refractivity contribution < 1.29 is 116 Å². The Bertz CT molecular complexity index is 3930. The van der Waals surface area contributed by atoms with Gasteiger partial charge in [-0.25, -0.2) is 14.4 Å². The van der Waals surface area contributed by atoms with Gasteiger partial charge >= 0.3 is 23.9 Å². The first-order valence-electron chi connectivity index (χ1n) is 53.3. The fourth-order valence-corrected chi connectivity index (χ4v) is 15.7. The Morgan fingerprint density at radius 3 is 0.945 bits per heavy atom. The molecule has 146 heavy (non-hydrogen) atoms. The highest BCUT2D eigenvalue weighted by molar-refractivity contribution is 5.92. The molecule has 838 valence electrons.